The number of methoxy groups -OCH3 is 1. The van der Waals surface area contributed by atoms with Crippen molar-refractivity contribution in [1.29, 1.82) is 0 Å². The van der Waals surface area contributed by atoms with Gasteiger partial charge in [0.25, 0.3) is 0 Å². The smallest absolute Gasteiger partial charge is 0.186 e. The summed E-state index contributed by atoms with van der Waals surface area (Å²) in [5, 5.41) is 19.7. The molecule has 0 aromatic rings. The first-order chi connectivity index (χ1) is 6.03. The number of ether oxygens (including phenoxy) is 2. The van der Waals surface area contributed by atoms with Crippen LogP contribution >= 0.6 is 0 Å². The number of rotatable bonds is 2. The summed E-state index contributed by atoms with van der Waals surface area (Å²) in [6, 6.07) is 0. The van der Waals surface area contributed by atoms with E-state index < -0.39 is 18.0 Å². The molecule has 0 spiro atoms. The highest BCUT2D eigenvalue weighted by atomic mass is 16.7. The quantitative estimate of drug-likeness (QED) is 0.656. The summed E-state index contributed by atoms with van der Waals surface area (Å²) in [4.78, 5) is 0. The Morgan fingerprint density at radius 3 is 2.69 bits per heavy atom. The average Bonchev–Trinajstić information content (AvgIpc) is 2.11. The molecule has 1 aliphatic rings. The predicted octanol–water partition coefficient (Wildman–Crippen LogP) is 0.270. The Labute approximate surface area is 78.5 Å². The maximum atomic E-state index is 10.0. The van der Waals surface area contributed by atoms with Gasteiger partial charge in [0.05, 0.1) is 11.7 Å². The molecular formula is C9H18O4. The minimum absolute atomic E-state index is 0.0849. The molecule has 2 N–H and O–H groups in total. The molecule has 0 saturated carbocycles. The van der Waals surface area contributed by atoms with Crippen molar-refractivity contribution in [3.05, 3.63) is 0 Å². The molecule has 1 fully saturated rings. The minimum Gasteiger partial charge on any atom is -0.387 e. The van der Waals surface area contributed by atoms with Crippen LogP contribution in [0.25, 0.3) is 0 Å². The lowest BCUT2D eigenvalue weighted by Crippen LogP contribution is -2.57. The largest absolute Gasteiger partial charge is 0.387 e. The minimum atomic E-state index is -1.07. The summed E-state index contributed by atoms with van der Waals surface area (Å²) in [7, 11) is 1.46. The van der Waals surface area contributed by atoms with Crippen molar-refractivity contribution < 1.29 is 19.7 Å². The molecule has 4 atom stereocenters. The van der Waals surface area contributed by atoms with Gasteiger partial charge in [-0.05, 0) is 13.3 Å². The molecular weight excluding hydrogens is 172 g/mol. The van der Waals surface area contributed by atoms with E-state index in [4.69, 9.17) is 9.47 Å². The Bertz CT molecular complexity index is 173. The van der Waals surface area contributed by atoms with E-state index in [2.05, 4.69) is 0 Å². The van der Waals surface area contributed by atoms with Crippen LogP contribution in [0.3, 0.4) is 0 Å². The third-order valence-electron chi connectivity index (χ3n) is 2.66. The van der Waals surface area contributed by atoms with E-state index in [1.54, 1.807) is 0 Å². The molecule has 0 amide bonds. The van der Waals surface area contributed by atoms with Crippen LogP contribution in [0, 0.1) is 0 Å². The molecule has 0 radical (unpaired) electrons. The van der Waals surface area contributed by atoms with Gasteiger partial charge in [-0.15, -0.1) is 0 Å². The molecule has 13 heavy (non-hydrogen) atoms. The fourth-order valence-corrected chi connectivity index (χ4v) is 1.76. The fraction of sp³-hybridized carbons (Fsp3) is 1.00. The van der Waals surface area contributed by atoms with Gasteiger partial charge in [0.15, 0.2) is 6.29 Å². The van der Waals surface area contributed by atoms with Gasteiger partial charge in [-0.1, -0.05) is 6.92 Å². The lowest BCUT2D eigenvalue weighted by molar-refractivity contribution is -0.285. The second kappa shape index (κ2) is 3.92. The van der Waals surface area contributed by atoms with Gasteiger partial charge in [0.2, 0.25) is 0 Å². The molecule has 0 aliphatic carbocycles. The number of hydrogen-bond acceptors (Lipinski definition) is 4. The maximum absolute atomic E-state index is 10.0. The van der Waals surface area contributed by atoms with Crippen LogP contribution in [0.4, 0.5) is 0 Å². The van der Waals surface area contributed by atoms with E-state index in [-0.39, 0.29) is 6.10 Å². The van der Waals surface area contributed by atoms with Crippen molar-refractivity contribution >= 4 is 0 Å². The van der Waals surface area contributed by atoms with Crippen molar-refractivity contribution in [1.82, 2.24) is 0 Å². The Morgan fingerprint density at radius 2 is 2.23 bits per heavy atom. The topological polar surface area (TPSA) is 58.9 Å². The SMILES string of the molecule is CC[C@@]1(O)C[C@H](C)O[C@H](OC)[C@H]1O. The molecule has 0 bridgehead atoms. The third-order valence-corrected chi connectivity index (χ3v) is 2.66. The van der Waals surface area contributed by atoms with Crippen LogP contribution in [-0.4, -0.2) is 41.4 Å². The van der Waals surface area contributed by atoms with Crippen molar-refractivity contribution in [2.75, 3.05) is 7.11 Å². The number of aliphatic hydroxyl groups excluding tert-OH is 1. The van der Waals surface area contributed by atoms with Crippen LogP contribution in [0.5, 0.6) is 0 Å². The third kappa shape index (κ3) is 2.02. The Balaban J connectivity index is 2.74. The molecule has 4 heteroatoms. The summed E-state index contributed by atoms with van der Waals surface area (Å²) in [6.07, 6.45) is -0.808. The monoisotopic (exact) mass is 190 g/mol. The lowest BCUT2D eigenvalue weighted by Gasteiger charge is -2.43. The number of aliphatic hydroxyl groups is 2. The highest BCUT2D eigenvalue weighted by Gasteiger charge is 2.45. The molecule has 0 unspecified atom stereocenters. The second-order valence-electron chi connectivity index (χ2n) is 3.66. The van der Waals surface area contributed by atoms with Gasteiger partial charge >= 0.3 is 0 Å². The van der Waals surface area contributed by atoms with Gasteiger partial charge in [0, 0.05) is 13.5 Å². The van der Waals surface area contributed by atoms with E-state index in [0.717, 1.165) is 0 Å². The normalized spacial score (nSPS) is 46.4. The van der Waals surface area contributed by atoms with Crippen LogP contribution in [0.2, 0.25) is 0 Å². The van der Waals surface area contributed by atoms with Crippen LogP contribution in [-0.2, 0) is 9.47 Å². The van der Waals surface area contributed by atoms with E-state index in [1.165, 1.54) is 7.11 Å². The molecule has 4 nitrogen and oxygen atoms in total. The summed E-state index contributed by atoms with van der Waals surface area (Å²) in [6.45, 7) is 3.70. The summed E-state index contributed by atoms with van der Waals surface area (Å²) in [5.74, 6) is 0. The van der Waals surface area contributed by atoms with E-state index >= 15 is 0 Å². The lowest BCUT2D eigenvalue weighted by atomic mass is 9.85. The van der Waals surface area contributed by atoms with Crippen LogP contribution in [0.1, 0.15) is 26.7 Å². The van der Waals surface area contributed by atoms with Gasteiger partial charge in [-0.25, -0.2) is 0 Å². The van der Waals surface area contributed by atoms with Crippen molar-refractivity contribution in [3.63, 3.8) is 0 Å². The zero-order valence-electron chi connectivity index (χ0n) is 8.36. The van der Waals surface area contributed by atoms with E-state index in [1.807, 2.05) is 13.8 Å². The van der Waals surface area contributed by atoms with Gasteiger partial charge in [0.1, 0.15) is 6.10 Å². The Hall–Kier alpha value is -0.160. The molecule has 0 aromatic heterocycles. The average molecular weight is 190 g/mol. The highest BCUT2D eigenvalue weighted by Crippen LogP contribution is 2.31. The predicted molar refractivity (Wildman–Crippen MR) is 47.2 cm³/mol. The highest BCUT2D eigenvalue weighted by molar-refractivity contribution is 4.92. The fourth-order valence-electron chi connectivity index (χ4n) is 1.76. The molecule has 1 heterocycles. The molecule has 1 rings (SSSR count). The molecule has 1 aliphatic heterocycles. The van der Waals surface area contributed by atoms with Crippen molar-refractivity contribution in [2.45, 2.75) is 50.8 Å². The summed E-state index contributed by atoms with van der Waals surface area (Å²) in [5.41, 5.74) is -1.07. The zero-order chi connectivity index (χ0) is 10.1. The van der Waals surface area contributed by atoms with Gasteiger partial charge < -0.3 is 19.7 Å². The zero-order valence-corrected chi connectivity index (χ0v) is 8.36. The van der Waals surface area contributed by atoms with E-state index in [9.17, 15) is 10.2 Å². The van der Waals surface area contributed by atoms with Crippen molar-refractivity contribution in [3.8, 4) is 0 Å². The summed E-state index contributed by atoms with van der Waals surface area (Å²) >= 11 is 0. The van der Waals surface area contributed by atoms with Crippen LogP contribution in [0.15, 0.2) is 0 Å². The molecule has 1 saturated heterocycles. The van der Waals surface area contributed by atoms with Crippen molar-refractivity contribution in [2.24, 2.45) is 0 Å². The Kier molecular flexibility index (Phi) is 3.29. The first-order valence-electron chi connectivity index (χ1n) is 4.62. The van der Waals surface area contributed by atoms with E-state index in [0.29, 0.717) is 12.8 Å². The molecule has 78 valence electrons. The second-order valence-corrected chi connectivity index (χ2v) is 3.66. The summed E-state index contributed by atoms with van der Waals surface area (Å²) < 4.78 is 10.3. The molecule has 0 aromatic carbocycles. The van der Waals surface area contributed by atoms with Gasteiger partial charge in [-0.3, -0.25) is 0 Å². The van der Waals surface area contributed by atoms with Gasteiger partial charge in [-0.2, -0.15) is 0 Å². The van der Waals surface area contributed by atoms with Crippen LogP contribution < -0.4 is 0 Å². The maximum Gasteiger partial charge on any atom is 0.186 e. The first kappa shape index (κ1) is 10.9. The number of hydrogen-bond donors (Lipinski definition) is 2. The first-order valence-corrected chi connectivity index (χ1v) is 4.62. The standard InChI is InChI=1S/C9H18O4/c1-4-9(11)5-6(2)13-8(12-3)7(9)10/h6-8,10-11H,4-5H2,1-3H3/t6-,7+,8-,9+/m0/s1. The Morgan fingerprint density at radius 1 is 1.62 bits per heavy atom.